The lowest BCUT2D eigenvalue weighted by atomic mass is 9.94. The number of phenolic OH excluding ortho intramolecular Hbond substituents is 1. The molecule has 2 aromatic rings. The molecule has 1 saturated carbocycles. The zero-order chi connectivity index (χ0) is 20.5. The van der Waals surface area contributed by atoms with Crippen LogP contribution in [0.5, 0.6) is 5.75 Å². The zero-order valence-corrected chi connectivity index (χ0v) is 16.9. The Morgan fingerprint density at radius 3 is 2.54 bits per heavy atom. The highest BCUT2D eigenvalue weighted by atomic mass is 19.1. The number of carbonyl (C=O) groups excluding carboxylic acids is 1. The van der Waals surface area contributed by atoms with Gasteiger partial charge in [0.05, 0.1) is 5.92 Å². The van der Waals surface area contributed by atoms with E-state index < -0.39 is 5.82 Å². The minimum atomic E-state index is -0.425. The second kappa shape index (κ2) is 7.92. The highest BCUT2D eigenvalue weighted by Gasteiger charge is 2.62. The lowest BCUT2D eigenvalue weighted by Crippen LogP contribution is -2.42. The van der Waals surface area contributed by atoms with Gasteiger partial charge in [-0.3, -0.25) is 4.79 Å². The number of benzene rings is 2. The van der Waals surface area contributed by atoms with E-state index in [1.54, 1.807) is 6.07 Å². The Labute approximate surface area is 166 Å². The Kier molecular flexibility index (Phi) is 5.75. The molecule has 150 valence electrons. The fourth-order valence-corrected chi connectivity index (χ4v) is 4.19. The fourth-order valence-electron chi connectivity index (χ4n) is 4.19. The van der Waals surface area contributed by atoms with E-state index in [-0.39, 0.29) is 34.9 Å². The molecule has 3 rings (SSSR count). The van der Waals surface area contributed by atoms with Crippen molar-refractivity contribution in [2.24, 2.45) is 11.8 Å². The van der Waals surface area contributed by atoms with Crippen molar-refractivity contribution in [1.29, 1.82) is 0 Å². The van der Waals surface area contributed by atoms with Crippen LogP contribution in [0.3, 0.4) is 0 Å². The van der Waals surface area contributed by atoms with Gasteiger partial charge in [0.15, 0.2) is 0 Å². The normalized spacial score (nSPS) is 24.8. The Morgan fingerprint density at radius 2 is 1.93 bits per heavy atom. The van der Waals surface area contributed by atoms with Crippen molar-refractivity contribution in [3.63, 3.8) is 0 Å². The SMILES string of the molecule is C[C@H]1[C@@H](C(=O)NC[C@H](Cc2ccc(O)cc2F)N(C)C)[C@@]1(C)c1ccccc1. The van der Waals surface area contributed by atoms with Crippen LogP contribution in [-0.4, -0.2) is 42.6 Å². The van der Waals surface area contributed by atoms with Crippen molar-refractivity contribution in [3.05, 3.63) is 65.5 Å². The summed E-state index contributed by atoms with van der Waals surface area (Å²) < 4.78 is 14.1. The number of carbonyl (C=O) groups is 1. The quantitative estimate of drug-likeness (QED) is 0.770. The number of hydrogen-bond acceptors (Lipinski definition) is 3. The summed E-state index contributed by atoms with van der Waals surface area (Å²) >= 11 is 0. The third-order valence-corrected chi connectivity index (χ3v) is 6.40. The molecule has 0 spiro atoms. The highest BCUT2D eigenvalue weighted by molar-refractivity contribution is 5.85. The fraction of sp³-hybridized carbons (Fsp3) is 0.435. The molecule has 1 fully saturated rings. The first-order chi connectivity index (χ1) is 13.2. The van der Waals surface area contributed by atoms with Gasteiger partial charge in [0.1, 0.15) is 11.6 Å². The van der Waals surface area contributed by atoms with Crippen LogP contribution in [0.25, 0.3) is 0 Å². The predicted molar refractivity (Wildman–Crippen MR) is 109 cm³/mol. The van der Waals surface area contributed by atoms with E-state index in [0.29, 0.717) is 18.5 Å². The second-order valence-corrected chi connectivity index (χ2v) is 8.26. The molecule has 0 unspecified atom stereocenters. The monoisotopic (exact) mass is 384 g/mol. The molecular formula is C23H29FN2O2. The van der Waals surface area contributed by atoms with Gasteiger partial charge in [0, 0.05) is 24.1 Å². The van der Waals surface area contributed by atoms with Crippen molar-refractivity contribution in [1.82, 2.24) is 10.2 Å². The van der Waals surface area contributed by atoms with Crippen LogP contribution in [0.4, 0.5) is 4.39 Å². The van der Waals surface area contributed by atoms with Crippen molar-refractivity contribution in [3.8, 4) is 5.75 Å². The van der Waals surface area contributed by atoms with Gasteiger partial charge in [0.2, 0.25) is 5.91 Å². The average molecular weight is 384 g/mol. The maximum Gasteiger partial charge on any atom is 0.224 e. The van der Waals surface area contributed by atoms with Gasteiger partial charge >= 0.3 is 0 Å². The third-order valence-electron chi connectivity index (χ3n) is 6.40. The first-order valence-electron chi connectivity index (χ1n) is 9.72. The average Bonchev–Trinajstić information content (AvgIpc) is 3.22. The van der Waals surface area contributed by atoms with Crippen LogP contribution >= 0.6 is 0 Å². The van der Waals surface area contributed by atoms with Crippen molar-refractivity contribution >= 4 is 5.91 Å². The molecule has 4 atom stereocenters. The smallest absolute Gasteiger partial charge is 0.224 e. The number of phenols is 1. The van der Waals surface area contributed by atoms with Gasteiger partial charge in [-0.2, -0.15) is 0 Å². The molecule has 0 saturated heterocycles. The van der Waals surface area contributed by atoms with Crippen LogP contribution in [0.1, 0.15) is 25.0 Å². The van der Waals surface area contributed by atoms with Crippen LogP contribution in [0.15, 0.2) is 48.5 Å². The van der Waals surface area contributed by atoms with Crippen molar-refractivity contribution in [2.75, 3.05) is 20.6 Å². The van der Waals surface area contributed by atoms with Crippen LogP contribution in [0, 0.1) is 17.7 Å². The summed E-state index contributed by atoms with van der Waals surface area (Å²) in [5.41, 5.74) is 1.58. The van der Waals surface area contributed by atoms with Gasteiger partial charge in [-0.1, -0.05) is 50.2 Å². The van der Waals surface area contributed by atoms with Crippen LogP contribution in [0.2, 0.25) is 0 Å². The van der Waals surface area contributed by atoms with E-state index in [2.05, 4.69) is 31.3 Å². The summed E-state index contributed by atoms with van der Waals surface area (Å²) in [4.78, 5) is 14.8. The van der Waals surface area contributed by atoms with Gasteiger partial charge in [-0.15, -0.1) is 0 Å². The Hall–Kier alpha value is -2.40. The summed E-state index contributed by atoms with van der Waals surface area (Å²) in [7, 11) is 3.84. The maximum absolute atomic E-state index is 14.1. The number of amides is 1. The van der Waals surface area contributed by atoms with E-state index in [1.165, 1.54) is 11.6 Å². The lowest BCUT2D eigenvalue weighted by molar-refractivity contribution is -0.123. The predicted octanol–water partition coefficient (Wildman–Crippen LogP) is 3.34. The largest absolute Gasteiger partial charge is 0.508 e. The standard InChI is InChI=1S/C23H29FN2O2/c1-15-21(23(15,2)17-8-6-5-7-9-17)22(28)25-14-18(26(3)4)12-16-10-11-19(27)13-20(16)24/h5-11,13,15,18,21,27H,12,14H2,1-4H3,(H,25,28)/t15-,18-,21-,23+/m0/s1. The number of hydrogen-bond donors (Lipinski definition) is 2. The summed E-state index contributed by atoms with van der Waals surface area (Å²) in [6.07, 6.45) is 0.454. The zero-order valence-electron chi connectivity index (χ0n) is 16.9. The maximum atomic E-state index is 14.1. The summed E-state index contributed by atoms with van der Waals surface area (Å²) in [5.74, 6) is -0.230. The lowest BCUT2D eigenvalue weighted by Gasteiger charge is -2.25. The molecule has 1 amide bonds. The van der Waals surface area contributed by atoms with Crippen molar-refractivity contribution < 1.29 is 14.3 Å². The number of nitrogens with zero attached hydrogens (tertiary/aromatic N) is 1. The van der Waals surface area contributed by atoms with E-state index in [4.69, 9.17) is 0 Å². The molecule has 0 aromatic heterocycles. The van der Waals surface area contributed by atoms with Gasteiger partial charge < -0.3 is 15.3 Å². The number of nitrogens with one attached hydrogen (secondary N) is 1. The molecule has 1 aliphatic rings. The Morgan fingerprint density at radius 1 is 1.25 bits per heavy atom. The molecule has 1 aliphatic carbocycles. The Balaban J connectivity index is 1.63. The minimum absolute atomic E-state index is 0.0416. The summed E-state index contributed by atoms with van der Waals surface area (Å²) in [6, 6.07) is 14.3. The van der Waals surface area contributed by atoms with Crippen LogP contribution < -0.4 is 5.32 Å². The minimum Gasteiger partial charge on any atom is -0.508 e. The second-order valence-electron chi connectivity index (χ2n) is 8.26. The number of aromatic hydroxyl groups is 1. The molecule has 4 nitrogen and oxygen atoms in total. The topological polar surface area (TPSA) is 52.6 Å². The van der Waals surface area contributed by atoms with Gasteiger partial charge in [0.25, 0.3) is 0 Å². The molecule has 0 radical (unpaired) electrons. The third kappa shape index (κ3) is 3.90. The van der Waals surface area contributed by atoms with Crippen molar-refractivity contribution in [2.45, 2.75) is 31.7 Å². The molecule has 2 aromatic carbocycles. The Bertz CT molecular complexity index is 840. The summed E-state index contributed by atoms with van der Waals surface area (Å²) in [5, 5.41) is 12.5. The van der Waals surface area contributed by atoms with E-state index in [9.17, 15) is 14.3 Å². The van der Waals surface area contributed by atoms with Gasteiger partial charge in [-0.25, -0.2) is 4.39 Å². The highest BCUT2D eigenvalue weighted by Crippen LogP contribution is 2.59. The molecule has 0 aliphatic heterocycles. The number of halogens is 1. The number of rotatable bonds is 7. The molecule has 0 bridgehead atoms. The van der Waals surface area contributed by atoms with Crippen LogP contribution in [-0.2, 0) is 16.6 Å². The molecule has 2 N–H and O–H groups in total. The first kappa shape index (κ1) is 20.3. The van der Waals surface area contributed by atoms with E-state index in [1.807, 2.05) is 37.2 Å². The van der Waals surface area contributed by atoms with E-state index in [0.717, 1.165) is 6.07 Å². The number of likely N-dealkylation sites (N-methyl/N-ethyl adjacent to an activating group) is 1. The molecular weight excluding hydrogens is 355 g/mol. The molecule has 28 heavy (non-hydrogen) atoms. The molecule has 5 heteroatoms. The van der Waals surface area contributed by atoms with Gasteiger partial charge in [-0.05, 0) is 43.6 Å². The van der Waals surface area contributed by atoms with E-state index >= 15 is 0 Å². The summed E-state index contributed by atoms with van der Waals surface area (Å²) in [6.45, 7) is 4.71. The first-order valence-corrected chi connectivity index (χ1v) is 9.72. The molecule has 0 heterocycles.